The van der Waals surface area contributed by atoms with Gasteiger partial charge in [-0.3, -0.25) is 14.6 Å². The summed E-state index contributed by atoms with van der Waals surface area (Å²) in [5.41, 5.74) is 3.45. The number of aliphatic hydroxyl groups excluding tert-OH is 1. The summed E-state index contributed by atoms with van der Waals surface area (Å²) in [4.78, 5) is 16.1. The Morgan fingerprint density at radius 3 is 2.50 bits per heavy atom. The molecule has 5 nitrogen and oxygen atoms in total. The minimum Gasteiger partial charge on any atom is -0.396 e. The summed E-state index contributed by atoms with van der Waals surface area (Å²) in [5, 5.41) is 12.3. The lowest BCUT2D eigenvalue weighted by atomic mass is 10.1. The maximum absolute atomic E-state index is 11.1. The van der Waals surface area contributed by atoms with Gasteiger partial charge in [-0.1, -0.05) is 42.5 Å². The van der Waals surface area contributed by atoms with Crippen LogP contribution in [0.25, 0.3) is 0 Å². The number of anilines is 1. The van der Waals surface area contributed by atoms with Gasteiger partial charge < -0.3 is 10.4 Å². The van der Waals surface area contributed by atoms with Crippen molar-refractivity contribution in [2.75, 3.05) is 38.1 Å². The minimum absolute atomic E-state index is 0.0498. The Morgan fingerprint density at radius 2 is 1.82 bits per heavy atom. The van der Waals surface area contributed by atoms with Crippen molar-refractivity contribution in [3.8, 4) is 0 Å². The van der Waals surface area contributed by atoms with E-state index in [1.807, 2.05) is 12.1 Å². The van der Waals surface area contributed by atoms with Gasteiger partial charge in [-0.2, -0.15) is 0 Å². The summed E-state index contributed by atoms with van der Waals surface area (Å²) < 4.78 is 0. The molecule has 5 heteroatoms. The molecule has 28 heavy (non-hydrogen) atoms. The van der Waals surface area contributed by atoms with Crippen molar-refractivity contribution >= 4 is 11.6 Å². The molecule has 0 aliphatic carbocycles. The summed E-state index contributed by atoms with van der Waals surface area (Å²) in [5.74, 6) is -0.0498. The SMILES string of the molecule is CC(=O)Nc1ccc(CN2CCN(CCc3ccccc3)[C@H](CCO)C2)cc1. The fraction of sp³-hybridized carbons (Fsp3) is 0.435. The van der Waals surface area contributed by atoms with E-state index in [1.54, 1.807) is 0 Å². The fourth-order valence-corrected chi connectivity index (χ4v) is 3.89. The van der Waals surface area contributed by atoms with Crippen LogP contribution < -0.4 is 5.32 Å². The molecule has 2 N–H and O–H groups in total. The van der Waals surface area contributed by atoms with E-state index in [0.717, 1.165) is 51.3 Å². The van der Waals surface area contributed by atoms with Crippen LogP contribution in [0.2, 0.25) is 0 Å². The normalized spacial score (nSPS) is 18.1. The molecule has 2 aromatic rings. The van der Waals surface area contributed by atoms with E-state index >= 15 is 0 Å². The Morgan fingerprint density at radius 1 is 1.07 bits per heavy atom. The average Bonchev–Trinajstić information content (AvgIpc) is 2.69. The van der Waals surface area contributed by atoms with Crippen molar-refractivity contribution < 1.29 is 9.90 Å². The van der Waals surface area contributed by atoms with Gasteiger partial charge in [0, 0.05) is 58.0 Å². The van der Waals surface area contributed by atoms with Gasteiger partial charge in [-0.15, -0.1) is 0 Å². The second kappa shape index (κ2) is 10.4. The second-order valence-corrected chi connectivity index (χ2v) is 7.55. The smallest absolute Gasteiger partial charge is 0.221 e. The molecular formula is C23H31N3O2. The average molecular weight is 382 g/mol. The summed E-state index contributed by atoms with van der Waals surface area (Å²) in [6, 6.07) is 19.1. The van der Waals surface area contributed by atoms with Crippen LogP contribution in [0.3, 0.4) is 0 Å². The Kier molecular flexibility index (Phi) is 7.60. The zero-order valence-corrected chi connectivity index (χ0v) is 16.7. The molecule has 0 spiro atoms. The number of amides is 1. The van der Waals surface area contributed by atoms with Crippen molar-refractivity contribution in [3.63, 3.8) is 0 Å². The lowest BCUT2D eigenvalue weighted by Crippen LogP contribution is -2.53. The number of aliphatic hydroxyl groups is 1. The van der Waals surface area contributed by atoms with Crippen LogP contribution in [-0.4, -0.2) is 59.6 Å². The number of hydrogen-bond acceptors (Lipinski definition) is 4. The third-order valence-electron chi connectivity index (χ3n) is 5.36. The van der Waals surface area contributed by atoms with Crippen LogP contribution in [0.5, 0.6) is 0 Å². The van der Waals surface area contributed by atoms with Gasteiger partial charge in [0.05, 0.1) is 0 Å². The molecule has 0 bridgehead atoms. The molecule has 1 saturated heterocycles. The molecule has 2 aromatic carbocycles. The number of piperazine rings is 1. The van der Waals surface area contributed by atoms with E-state index < -0.39 is 0 Å². The van der Waals surface area contributed by atoms with Crippen molar-refractivity contribution in [2.45, 2.75) is 32.4 Å². The van der Waals surface area contributed by atoms with E-state index in [0.29, 0.717) is 6.04 Å². The lowest BCUT2D eigenvalue weighted by Gasteiger charge is -2.41. The van der Waals surface area contributed by atoms with Gasteiger partial charge in [-0.05, 0) is 36.1 Å². The molecule has 0 aromatic heterocycles. The maximum Gasteiger partial charge on any atom is 0.221 e. The summed E-state index contributed by atoms with van der Waals surface area (Å²) in [7, 11) is 0. The number of carbonyl (C=O) groups is 1. The van der Waals surface area contributed by atoms with Crippen LogP contribution in [0, 0.1) is 0 Å². The molecule has 1 amide bonds. The van der Waals surface area contributed by atoms with E-state index in [9.17, 15) is 9.90 Å². The van der Waals surface area contributed by atoms with Crippen LogP contribution >= 0.6 is 0 Å². The van der Waals surface area contributed by atoms with E-state index in [4.69, 9.17) is 0 Å². The Labute approximate surface area is 168 Å². The molecule has 1 fully saturated rings. The molecule has 1 heterocycles. The molecule has 3 rings (SSSR count). The first kappa shape index (κ1) is 20.5. The van der Waals surface area contributed by atoms with Crippen molar-refractivity contribution in [1.29, 1.82) is 0 Å². The highest BCUT2D eigenvalue weighted by Gasteiger charge is 2.26. The first-order valence-corrected chi connectivity index (χ1v) is 10.1. The zero-order chi connectivity index (χ0) is 19.8. The number of carbonyl (C=O) groups excluding carboxylic acids is 1. The van der Waals surface area contributed by atoms with Crippen molar-refractivity contribution in [1.82, 2.24) is 9.80 Å². The molecular weight excluding hydrogens is 350 g/mol. The predicted octanol–water partition coefficient (Wildman–Crippen LogP) is 2.76. The van der Waals surface area contributed by atoms with E-state index in [2.05, 4.69) is 57.6 Å². The van der Waals surface area contributed by atoms with Crippen LogP contribution in [0.1, 0.15) is 24.5 Å². The Balaban J connectivity index is 1.53. The van der Waals surface area contributed by atoms with Crippen LogP contribution in [0.15, 0.2) is 54.6 Å². The molecule has 1 aliphatic heterocycles. The zero-order valence-electron chi connectivity index (χ0n) is 16.7. The van der Waals surface area contributed by atoms with Gasteiger partial charge in [0.1, 0.15) is 0 Å². The highest BCUT2D eigenvalue weighted by Crippen LogP contribution is 2.18. The quantitative estimate of drug-likeness (QED) is 0.738. The number of nitrogens with zero attached hydrogens (tertiary/aromatic N) is 2. The predicted molar refractivity (Wildman–Crippen MR) is 113 cm³/mol. The third-order valence-corrected chi connectivity index (χ3v) is 5.36. The summed E-state index contributed by atoms with van der Waals surface area (Å²) >= 11 is 0. The third kappa shape index (κ3) is 6.16. The maximum atomic E-state index is 11.1. The topological polar surface area (TPSA) is 55.8 Å². The standard InChI is InChI=1S/C23H31N3O2/c1-19(28)24-22-9-7-21(8-10-22)17-25-14-15-26(23(18-25)12-16-27)13-11-20-5-3-2-4-6-20/h2-10,23,27H,11-18H2,1H3,(H,24,28)/t23-/m1/s1. The first-order chi connectivity index (χ1) is 13.6. The monoisotopic (exact) mass is 381 g/mol. The Bertz CT molecular complexity index is 733. The van der Waals surface area contributed by atoms with Gasteiger partial charge in [0.25, 0.3) is 0 Å². The molecule has 1 aliphatic rings. The van der Waals surface area contributed by atoms with Gasteiger partial charge in [-0.25, -0.2) is 0 Å². The molecule has 0 unspecified atom stereocenters. The largest absolute Gasteiger partial charge is 0.396 e. The molecule has 1 atom stereocenters. The molecule has 0 radical (unpaired) electrons. The highest BCUT2D eigenvalue weighted by atomic mass is 16.3. The van der Waals surface area contributed by atoms with E-state index in [-0.39, 0.29) is 12.5 Å². The van der Waals surface area contributed by atoms with E-state index in [1.165, 1.54) is 18.1 Å². The van der Waals surface area contributed by atoms with Gasteiger partial charge >= 0.3 is 0 Å². The number of benzene rings is 2. The number of rotatable bonds is 8. The Hall–Kier alpha value is -2.21. The highest BCUT2D eigenvalue weighted by molar-refractivity contribution is 5.88. The fourth-order valence-electron chi connectivity index (χ4n) is 3.89. The number of nitrogens with one attached hydrogen (secondary N) is 1. The minimum atomic E-state index is -0.0498. The summed E-state index contributed by atoms with van der Waals surface area (Å²) in [6.45, 7) is 6.72. The van der Waals surface area contributed by atoms with Gasteiger partial charge in [0.15, 0.2) is 0 Å². The van der Waals surface area contributed by atoms with Crippen LogP contribution in [-0.2, 0) is 17.8 Å². The summed E-state index contributed by atoms with van der Waals surface area (Å²) in [6.07, 6.45) is 1.86. The van der Waals surface area contributed by atoms with Crippen molar-refractivity contribution in [2.24, 2.45) is 0 Å². The lowest BCUT2D eigenvalue weighted by molar-refractivity contribution is -0.114. The first-order valence-electron chi connectivity index (χ1n) is 10.1. The molecule has 150 valence electrons. The van der Waals surface area contributed by atoms with Crippen LogP contribution in [0.4, 0.5) is 5.69 Å². The number of hydrogen-bond donors (Lipinski definition) is 2. The second-order valence-electron chi connectivity index (χ2n) is 7.55. The molecule has 0 saturated carbocycles. The van der Waals surface area contributed by atoms with Crippen molar-refractivity contribution in [3.05, 3.63) is 65.7 Å². The van der Waals surface area contributed by atoms with Gasteiger partial charge in [0.2, 0.25) is 5.91 Å².